The molecule has 0 N–H and O–H groups in total. The SMILES string of the molecule is CC(=O)N1CCC2(CCN(c3cc(C)ccc3CN3CCN(C(=O)OC(C(F)(F)F)C(F)(F)F)CC3)CC2)C1. The van der Waals surface area contributed by atoms with Crippen LogP contribution in [0.3, 0.4) is 0 Å². The number of alkyl halides is 6. The van der Waals surface area contributed by atoms with E-state index in [0.717, 1.165) is 67.2 Å². The molecule has 0 atom stereocenters. The Morgan fingerprint density at radius 2 is 1.49 bits per heavy atom. The molecule has 1 aromatic carbocycles. The number of ether oxygens (including phenoxy) is 1. The highest BCUT2D eigenvalue weighted by atomic mass is 19.4. The number of likely N-dealkylation sites (tertiary alicyclic amines) is 1. The van der Waals surface area contributed by atoms with Crippen molar-refractivity contribution in [2.24, 2.45) is 5.41 Å². The largest absolute Gasteiger partial charge is 0.434 e. The normalized spacial score (nSPS) is 20.7. The molecule has 3 aliphatic rings. The second-order valence-electron chi connectivity index (χ2n) is 10.9. The van der Waals surface area contributed by atoms with Gasteiger partial charge in [0, 0.05) is 71.5 Å². The zero-order chi connectivity index (χ0) is 28.6. The molecular weight excluding hydrogens is 530 g/mol. The Morgan fingerprint density at radius 1 is 0.897 bits per heavy atom. The lowest BCUT2D eigenvalue weighted by atomic mass is 9.77. The fraction of sp³-hybridized carbons (Fsp3) is 0.692. The summed E-state index contributed by atoms with van der Waals surface area (Å²) in [7, 11) is 0. The van der Waals surface area contributed by atoms with Crippen molar-refractivity contribution >= 4 is 17.7 Å². The smallest absolute Gasteiger partial charge is 0.426 e. The third-order valence-corrected chi connectivity index (χ3v) is 8.13. The molecule has 39 heavy (non-hydrogen) atoms. The van der Waals surface area contributed by atoms with Crippen LogP contribution in [0.15, 0.2) is 18.2 Å². The summed E-state index contributed by atoms with van der Waals surface area (Å²) in [6, 6.07) is 6.18. The quantitative estimate of drug-likeness (QED) is 0.502. The molecule has 0 radical (unpaired) electrons. The van der Waals surface area contributed by atoms with E-state index in [-0.39, 0.29) is 37.5 Å². The van der Waals surface area contributed by atoms with E-state index in [1.807, 2.05) is 28.9 Å². The van der Waals surface area contributed by atoms with Gasteiger partial charge in [0.2, 0.25) is 5.91 Å². The number of aryl methyl sites for hydroxylation is 1. The van der Waals surface area contributed by atoms with Gasteiger partial charge >= 0.3 is 18.4 Å². The average Bonchev–Trinajstić information content (AvgIpc) is 3.27. The maximum absolute atomic E-state index is 12.8. The Morgan fingerprint density at radius 3 is 2.03 bits per heavy atom. The van der Waals surface area contributed by atoms with Crippen LogP contribution in [-0.4, -0.2) is 97.5 Å². The summed E-state index contributed by atoms with van der Waals surface area (Å²) >= 11 is 0. The van der Waals surface area contributed by atoms with E-state index in [1.165, 1.54) is 0 Å². The highest BCUT2D eigenvalue weighted by molar-refractivity contribution is 5.73. The Labute approximate surface area is 223 Å². The minimum absolute atomic E-state index is 0.0403. The first-order chi connectivity index (χ1) is 18.2. The number of piperazine rings is 1. The number of benzene rings is 1. The molecule has 3 fully saturated rings. The topological polar surface area (TPSA) is 56.3 Å². The number of hydrogen-bond acceptors (Lipinski definition) is 5. The van der Waals surface area contributed by atoms with Crippen molar-refractivity contribution in [3.8, 4) is 0 Å². The number of nitrogens with zero attached hydrogens (tertiary/aromatic N) is 4. The number of hydrogen-bond donors (Lipinski definition) is 0. The Hall–Kier alpha value is -2.70. The molecule has 4 rings (SSSR count). The van der Waals surface area contributed by atoms with Gasteiger partial charge in [-0.05, 0) is 48.8 Å². The number of carbonyl (C=O) groups excluding carboxylic acids is 2. The van der Waals surface area contributed by atoms with Crippen LogP contribution in [0.5, 0.6) is 0 Å². The van der Waals surface area contributed by atoms with Crippen LogP contribution in [0.2, 0.25) is 0 Å². The summed E-state index contributed by atoms with van der Waals surface area (Å²) in [5.41, 5.74) is 3.44. The molecule has 13 heteroatoms. The van der Waals surface area contributed by atoms with Crippen molar-refractivity contribution in [3.63, 3.8) is 0 Å². The molecule has 0 aliphatic carbocycles. The molecule has 3 heterocycles. The molecule has 2 amide bonds. The number of halogens is 6. The van der Waals surface area contributed by atoms with Crippen LogP contribution >= 0.6 is 0 Å². The van der Waals surface area contributed by atoms with E-state index in [4.69, 9.17) is 0 Å². The van der Waals surface area contributed by atoms with Gasteiger partial charge in [0.05, 0.1) is 0 Å². The fourth-order valence-electron chi connectivity index (χ4n) is 5.76. The molecule has 0 bridgehead atoms. The van der Waals surface area contributed by atoms with Crippen LogP contribution < -0.4 is 4.90 Å². The van der Waals surface area contributed by atoms with Gasteiger partial charge in [0.25, 0.3) is 6.10 Å². The minimum Gasteiger partial charge on any atom is -0.426 e. The number of amides is 2. The van der Waals surface area contributed by atoms with E-state index in [1.54, 1.807) is 6.92 Å². The average molecular weight is 565 g/mol. The van der Waals surface area contributed by atoms with Crippen molar-refractivity contribution in [1.29, 1.82) is 0 Å². The van der Waals surface area contributed by atoms with Gasteiger partial charge in [0.1, 0.15) is 0 Å². The van der Waals surface area contributed by atoms with Crippen LogP contribution in [-0.2, 0) is 16.1 Å². The second kappa shape index (κ2) is 11.1. The summed E-state index contributed by atoms with van der Waals surface area (Å²) in [4.78, 5) is 31.1. The lowest BCUT2D eigenvalue weighted by molar-refractivity contribution is -0.308. The molecule has 218 valence electrons. The Kier molecular flexibility index (Phi) is 8.30. The van der Waals surface area contributed by atoms with Crippen LogP contribution in [0, 0.1) is 12.3 Å². The van der Waals surface area contributed by atoms with Crippen molar-refractivity contribution < 1.29 is 40.7 Å². The maximum atomic E-state index is 12.8. The van der Waals surface area contributed by atoms with Gasteiger partial charge in [-0.25, -0.2) is 4.79 Å². The first-order valence-electron chi connectivity index (χ1n) is 13.1. The number of piperidine rings is 1. The maximum Gasteiger partial charge on any atom is 0.434 e. The highest BCUT2D eigenvalue weighted by Gasteiger charge is 2.60. The molecule has 0 aromatic heterocycles. The number of rotatable bonds is 4. The molecule has 0 unspecified atom stereocenters. The zero-order valence-corrected chi connectivity index (χ0v) is 22.1. The monoisotopic (exact) mass is 564 g/mol. The van der Waals surface area contributed by atoms with Crippen LogP contribution in [0.4, 0.5) is 36.8 Å². The summed E-state index contributed by atoms with van der Waals surface area (Å²) < 4.78 is 80.4. The summed E-state index contributed by atoms with van der Waals surface area (Å²) in [5.74, 6) is 0.115. The van der Waals surface area contributed by atoms with Crippen molar-refractivity contribution in [2.45, 2.75) is 58.1 Å². The first kappa shape index (κ1) is 29.3. The van der Waals surface area contributed by atoms with Crippen molar-refractivity contribution in [2.75, 3.05) is 57.3 Å². The zero-order valence-electron chi connectivity index (χ0n) is 22.1. The fourth-order valence-corrected chi connectivity index (χ4v) is 5.76. The van der Waals surface area contributed by atoms with Gasteiger partial charge in [-0.1, -0.05) is 12.1 Å². The molecule has 7 nitrogen and oxygen atoms in total. The summed E-state index contributed by atoms with van der Waals surface area (Å²) in [5, 5.41) is 0. The van der Waals surface area contributed by atoms with E-state index in [0.29, 0.717) is 6.54 Å². The van der Waals surface area contributed by atoms with E-state index in [2.05, 4.69) is 15.7 Å². The molecule has 3 aliphatic heterocycles. The van der Waals surface area contributed by atoms with Gasteiger partial charge in [-0.3, -0.25) is 9.69 Å². The lowest BCUT2D eigenvalue weighted by Crippen LogP contribution is -2.52. The van der Waals surface area contributed by atoms with Gasteiger partial charge < -0.3 is 19.4 Å². The highest BCUT2D eigenvalue weighted by Crippen LogP contribution is 2.42. The van der Waals surface area contributed by atoms with E-state index in [9.17, 15) is 35.9 Å². The predicted octanol–water partition coefficient (Wildman–Crippen LogP) is 4.58. The van der Waals surface area contributed by atoms with E-state index < -0.39 is 24.5 Å². The van der Waals surface area contributed by atoms with Gasteiger partial charge in [0.15, 0.2) is 0 Å². The molecule has 1 spiro atoms. The standard InChI is InChI=1S/C26H34F6N4O3/c1-18-3-4-20(21(15-18)34-8-5-24(6-9-34)7-10-36(17-24)19(2)37)16-33-11-13-35(14-12-33)23(38)39-22(25(27,28)29)26(30,31)32/h3-4,15,22H,5-14,16-17H2,1-2H3. The van der Waals surface area contributed by atoms with Crippen molar-refractivity contribution in [3.05, 3.63) is 29.3 Å². The van der Waals surface area contributed by atoms with Gasteiger partial charge in [-0.15, -0.1) is 0 Å². The Bertz CT molecular complexity index is 1030. The summed E-state index contributed by atoms with van der Waals surface area (Å²) in [6.07, 6.45) is -14.3. The molecule has 0 saturated carbocycles. The third-order valence-electron chi connectivity index (χ3n) is 8.13. The van der Waals surface area contributed by atoms with Gasteiger partial charge in [-0.2, -0.15) is 26.3 Å². The third kappa shape index (κ3) is 6.90. The number of anilines is 1. The Balaban J connectivity index is 1.34. The van der Waals surface area contributed by atoms with Crippen molar-refractivity contribution in [1.82, 2.24) is 14.7 Å². The summed E-state index contributed by atoms with van der Waals surface area (Å²) in [6.45, 7) is 7.98. The van der Waals surface area contributed by atoms with E-state index >= 15 is 0 Å². The molecule has 3 saturated heterocycles. The second-order valence-corrected chi connectivity index (χ2v) is 10.9. The predicted molar refractivity (Wildman–Crippen MR) is 131 cm³/mol. The van der Waals surface area contributed by atoms with Crippen LogP contribution in [0.1, 0.15) is 37.3 Å². The number of carbonyl (C=O) groups is 2. The molecule has 1 aromatic rings. The molecular formula is C26H34F6N4O3. The lowest BCUT2D eigenvalue weighted by Gasteiger charge is -2.41. The minimum atomic E-state index is -5.74. The first-order valence-corrected chi connectivity index (χ1v) is 13.1. The van der Waals surface area contributed by atoms with Crippen LogP contribution in [0.25, 0.3) is 0 Å².